The quantitative estimate of drug-likeness (QED) is 0.309. The molecule has 2 fully saturated rings. The molecule has 0 aromatic heterocycles. The van der Waals surface area contributed by atoms with Crippen LogP contribution in [0.25, 0.3) is 0 Å². The minimum absolute atomic E-state index is 0.0147. The van der Waals surface area contributed by atoms with E-state index in [0.29, 0.717) is 31.4 Å². The predicted octanol–water partition coefficient (Wildman–Crippen LogP) is 6.41. The van der Waals surface area contributed by atoms with Crippen LogP contribution in [0.3, 0.4) is 0 Å². The van der Waals surface area contributed by atoms with Crippen molar-refractivity contribution in [2.75, 3.05) is 13.1 Å². The molecule has 2 aromatic carbocycles. The van der Waals surface area contributed by atoms with Crippen LogP contribution in [-0.4, -0.2) is 48.1 Å². The number of piperidine rings is 1. The topological polar surface area (TPSA) is 58.6 Å². The van der Waals surface area contributed by atoms with E-state index in [0.717, 1.165) is 37.7 Å². The highest BCUT2D eigenvalue weighted by molar-refractivity contribution is 5.95. The van der Waals surface area contributed by atoms with Crippen LogP contribution in [0.15, 0.2) is 48.5 Å². The van der Waals surface area contributed by atoms with E-state index in [4.69, 9.17) is 4.74 Å². The highest BCUT2D eigenvalue weighted by atomic mass is 19.4. The number of esters is 1. The standard InChI is InChI=1S/C29H32F6N2O3/c30-28(31,32)21-14-20(15-22(16-21)29(33,34)35)27(39)37-12-11-23(17-24(37)13-19-7-3-1-4-8-19)36-18-26(38)40-25-9-5-2-6-10-25/h1,3-4,7-8,14-16,23-25,36H,2,5-6,9-13,17-18H2/t23-,24+/m0/s1. The molecule has 40 heavy (non-hydrogen) atoms. The SMILES string of the molecule is O=C(CN[C@H]1CCN(C(=O)c2cc(C(F)(F)F)cc(C(F)(F)F)c2)[C@H](Cc2ccccc2)C1)OC1CCCCC1. The molecule has 5 nitrogen and oxygen atoms in total. The van der Waals surface area contributed by atoms with E-state index in [2.05, 4.69) is 5.32 Å². The second-order valence-electron chi connectivity index (χ2n) is 10.5. The number of carbonyl (C=O) groups excluding carboxylic acids is 2. The Morgan fingerprint density at radius 1 is 0.875 bits per heavy atom. The van der Waals surface area contributed by atoms with Crippen LogP contribution in [0.5, 0.6) is 0 Å². The first-order chi connectivity index (χ1) is 18.9. The van der Waals surface area contributed by atoms with Crippen LogP contribution in [0.4, 0.5) is 26.3 Å². The van der Waals surface area contributed by atoms with Gasteiger partial charge in [-0.3, -0.25) is 9.59 Å². The average Bonchev–Trinajstić information content (AvgIpc) is 2.91. The Morgan fingerprint density at radius 2 is 1.50 bits per heavy atom. The lowest BCUT2D eigenvalue weighted by Crippen LogP contribution is -2.52. The summed E-state index contributed by atoms with van der Waals surface area (Å²) in [4.78, 5) is 27.2. The van der Waals surface area contributed by atoms with E-state index < -0.39 is 41.0 Å². The van der Waals surface area contributed by atoms with E-state index in [1.54, 1.807) is 0 Å². The normalized spacial score (nSPS) is 20.8. The molecule has 1 heterocycles. The van der Waals surface area contributed by atoms with Crippen molar-refractivity contribution in [3.8, 4) is 0 Å². The molecule has 1 saturated carbocycles. The number of halogens is 6. The van der Waals surface area contributed by atoms with Crippen molar-refractivity contribution in [1.29, 1.82) is 0 Å². The van der Waals surface area contributed by atoms with E-state index in [-0.39, 0.29) is 37.3 Å². The van der Waals surface area contributed by atoms with Crippen molar-refractivity contribution in [2.24, 2.45) is 0 Å². The highest BCUT2D eigenvalue weighted by Crippen LogP contribution is 2.37. The van der Waals surface area contributed by atoms with E-state index in [9.17, 15) is 35.9 Å². The molecular weight excluding hydrogens is 538 g/mol. The molecule has 0 spiro atoms. The zero-order chi connectivity index (χ0) is 28.9. The van der Waals surface area contributed by atoms with Gasteiger partial charge in [0.25, 0.3) is 5.91 Å². The summed E-state index contributed by atoms with van der Waals surface area (Å²) in [6.07, 6.45) is -4.24. The number of hydrogen-bond acceptors (Lipinski definition) is 4. The summed E-state index contributed by atoms with van der Waals surface area (Å²) in [7, 11) is 0. The van der Waals surface area contributed by atoms with Crippen molar-refractivity contribution in [2.45, 2.75) is 81.9 Å². The molecule has 1 aliphatic carbocycles. The number of ether oxygens (including phenoxy) is 1. The number of nitrogens with zero attached hydrogens (tertiary/aromatic N) is 1. The van der Waals surface area contributed by atoms with Gasteiger partial charge in [-0.25, -0.2) is 0 Å². The number of hydrogen-bond donors (Lipinski definition) is 1. The second-order valence-corrected chi connectivity index (χ2v) is 10.5. The third-order valence-electron chi connectivity index (χ3n) is 7.51. The lowest BCUT2D eigenvalue weighted by atomic mass is 9.91. The molecule has 2 atom stereocenters. The molecule has 0 bridgehead atoms. The molecule has 218 valence electrons. The molecule has 2 aromatic rings. The Balaban J connectivity index is 1.51. The fourth-order valence-corrected chi connectivity index (χ4v) is 5.47. The Bertz CT molecular complexity index is 1130. The molecule has 0 unspecified atom stereocenters. The van der Waals surface area contributed by atoms with E-state index >= 15 is 0 Å². The molecule has 2 aliphatic rings. The number of alkyl halides is 6. The highest BCUT2D eigenvalue weighted by Gasteiger charge is 2.39. The Morgan fingerprint density at radius 3 is 2.10 bits per heavy atom. The van der Waals surface area contributed by atoms with Crippen LogP contribution in [-0.2, 0) is 28.3 Å². The van der Waals surface area contributed by atoms with Crippen LogP contribution < -0.4 is 5.32 Å². The van der Waals surface area contributed by atoms with E-state index in [1.807, 2.05) is 30.3 Å². The summed E-state index contributed by atoms with van der Waals surface area (Å²) in [6, 6.07) is 9.38. The van der Waals surface area contributed by atoms with Gasteiger partial charge in [-0.05, 0) is 68.7 Å². The van der Waals surface area contributed by atoms with Gasteiger partial charge in [0.05, 0.1) is 17.7 Å². The number of benzene rings is 2. The number of amides is 1. The first-order valence-corrected chi connectivity index (χ1v) is 13.5. The Kier molecular flexibility index (Phi) is 9.43. The molecular formula is C29H32F6N2O3. The summed E-state index contributed by atoms with van der Waals surface area (Å²) in [5.74, 6) is -1.26. The summed E-state index contributed by atoms with van der Waals surface area (Å²) in [5.41, 5.74) is -2.86. The summed E-state index contributed by atoms with van der Waals surface area (Å²) < 4.78 is 86.1. The summed E-state index contributed by atoms with van der Waals surface area (Å²) in [6.45, 7) is 0.0824. The first-order valence-electron chi connectivity index (χ1n) is 13.5. The van der Waals surface area contributed by atoms with Crippen LogP contribution in [0.1, 0.15) is 72.0 Å². The van der Waals surface area contributed by atoms with Gasteiger partial charge in [-0.15, -0.1) is 0 Å². The van der Waals surface area contributed by atoms with Crippen molar-refractivity contribution in [3.05, 3.63) is 70.8 Å². The maximum Gasteiger partial charge on any atom is 0.416 e. The predicted molar refractivity (Wildman–Crippen MR) is 135 cm³/mol. The van der Waals surface area contributed by atoms with Crippen molar-refractivity contribution in [3.63, 3.8) is 0 Å². The molecule has 11 heteroatoms. The minimum atomic E-state index is -5.05. The van der Waals surface area contributed by atoms with Crippen molar-refractivity contribution in [1.82, 2.24) is 10.2 Å². The van der Waals surface area contributed by atoms with Gasteiger partial charge in [0.15, 0.2) is 0 Å². The van der Waals surface area contributed by atoms with Gasteiger partial charge < -0.3 is 15.0 Å². The van der Waals surface area contributed by atoms with Gasteiger partial charge in [0.2, 0.25) is 0 Å². The van der Waals surface area contributed by atoms with Gasteiger partial charge >= 0.3 is 18.3 Å². The summed E-state index contributed by atoms with van der Waals surface area (Å²) >= 11 is 0. The van der Waals surface area contributed by atoms with Gasteiger partial charge in [-0.1, -0.05) is 36.8 Å². The zero-order valence-corrected chi connectivity index (χ0v) is 21.9. The maximum atomic E-state index is 13.4. The largest absolute Gasteiger partial charge is 0.461 e. The van der Waals surface area contributed by atoms with Crippen LogP contribution >= 0.6 is 0 Å². The molecule has 1 saturated heterocycles. The van der Waals surface area contributed by atoms with Gasteiger partial charge in [-0.2, -0.15) is 26.3 Å². The minimum Gasteiger partial charge on any atom is -0.461 e. The molecule has 1 N–H and O–H groups in total. The second kappa shape index (κ2) is 12.6. The van der Waals surface area contributed by atoms with Crippen LogP contribution in [0.2, 0.25) is 0 Å². The third kappa shape index (κ3) is 7.99. The molecule has 1 aliphatic heterocycles. The first kappa shape index (κ1) is 29.9. The van der Waals surface area contributed by atoms with Crippen LogP contribution in [0, 0.1) is 0 Å². The fourth-order valence-electron chi connectivity index (χ4n) is 5.47. The Hall–Kier alpha value is -3.08. The number of nitrogens with one attached hydrogen (secondary N) is 1. The smallest absolute Gasteiger partial charge is 0.416 e. The average molecular weight is 571 g/mol. The van der Waals surface area contributed by atoms with Crippen molar-refractivity contribution >= 4 is 11.9 Å². The maximum absolute atomic E-state index is 13.4. The number of carbonyl (C=O) groups is 2. The summed E-state index contributed by atoms with van der Waals surface area (Å²) in [5, 5.41) is 3.17. The zero-order valence-electron chi connectivity index (χ0n) is 21.9. The number of rotatable bonds is 7. The van der Waals surface area contributed by atoms with Crippen molar-refractivity contribution < 1.29 is 40.7 Å². The van der Waals surface area contributed by atoms with E-state index in [1.165, 1.54) is 4.90 Å². The molecule has 4 rings (SSSR count). The monoisotopic (exact) mass is 570 g/mol. The third-order valence-corrected chi connectivity index (χ3v) is 7.51. The Labute approximate surface area is 228 Å². The van der Waals surface area contributed by atoms with Gasteiger partial charge in [0, 0.05) is 24.2 Å². The lowest BCUT2D eigenvalue weighted by molar-refractivity contribution is -0.149. The molecule has 1 amide bonds. The van der Waals surface area contributed by atoms with Gasteiger partial charge in [0.1, 0.15) is 6.10 Å². The number of likely N-dealkylation sites (tertiary alicyclic amines) is 1. The lowest BCUT2D eigenvalue weighted by Gasteiger charge is -2.40. The fraction of sp³-hybridized carbons (Fsp3) is 0.517. The molecule has 0 radical (unpaired) electrons.